The first-order valence-corrected chi connectivity index (χ1v) is 15.2. The van der Waals surface area contributed by atoms with Crippen molar-refractivity contribution in [3.8, 4) is 0 Å². The zero-order chi connectivity index (χ0) is 23.4. The Kier molecular flexibility index (Phi) is 15.0. The summed E-state index contributed by atoms with van der Waals surface area (Å²) in [6, 6.07) is 8.37. The van der Waals surface area contributed by atoms with Crippen molar-refractivity contribution in [3.63, 3.8) is 0 Å². The minimum Gasteiger partial charge on any atom is -0.464 e. The van der Waals surface area contributed by atoms with E-state index in [1.54, 1.807) is 0 Å². The van der Waals surface area contributed by atoms with Gasteiger partial charge < -0.3 is 23.7 Å². The Hall–Kier alpha value is -0.321. The van der Waals surface area contributed by atoms with Gasteiger partial charge in [-0.1, -0.05) is 75.0 Å². The first kappa shape index (κ1) is 34.7. The van der Waals surface area contributed by atoms with Crippen LogP contribution < -0.4 is 11.0 Å². The topological polar surface area (TPSA) is 26.3 Å². The van der Waals surface area contributed by atoms with E-state index in [0.29, 0.717) is 16.0 Å². The Bertz CT molecular complexity index is 761. The predicted octanol–water partition coefficient (Wildman–Crippen LogP) is 9.57. The summed E-state index contributed by atoms with van der Waals surface area (Å²) in [5.41, 5.74) is 3.64. The molecule has 5 heteroatoms. The van der Waals surface area contributed by atoms with Crippen molar-refractivity contribution < 1.29 is 25.9 Å². The largest absolute Gasteiger partial charge is 2.00 e. The van der Waals surface area contributed by atoms with E-state index in [1.165, 1.54) is 38.5 Å². The van der Waals surface area contributed by atoms with Crippen LogP contribution in [0.3, 0.4) is 0 Å². The molecule has 2 aromatic heterocycles. The van der Waals surface area contributed by atoms with Gasteiger partial charge in [-0.05, 0) is 83.9 Å². The number of hydrogen-bond acceptors (Lipinski definition) is 2. The molecular weight excluding hydrogens is 510 g/mol. The molecule has 1 saturated carbocycles. The van der Waals surface area contributed by atoms with E-state index in [4.69, 9.17) is 8.83 Å². The zero-order valence-corrected chi connectivity index (χ0v) is 26.6. The van der Waals surface area contributed by atoms with Crippen molar-refractivity contribution in [1.29, 1.82) is 0 Å². The number of furan rings is 2. The third kappa shape index (κ3) is 9.18. The van der Waals surface area contributed by atoms with Crippen LogP contribution in [-0.2, 0) is 17.1 Å². The van der Waals surface area contributed by atoms with Gasteiger partial charge in [-0.3, -0.25) is 0 Å². The maximum atomic E-state index is 5.93. The summed E-state index contributed by atoms with van der Waals surface area (Å²) in [6.45, 7) is 17.2. The number of rotatable bonds is 5. The second-order valence-corrected chi connectivity index (χ2v) is 17.8. The summed E-state index contributed by atoms with van der Waals surface area (Å²) < 4.78 is 11.9. The van der Waals surface area contributed by atoms with Crippen LogP contribution in [0.15, 0.2) is 57.8 Å². The molecule has 0 bridgehead atoms. The summed E-state index contributed by atoms with van der Waals surface area (Å²) in [6.07, 6.45) is 16.1. The van der Waals surface area contributed by atoms with E-state index >= 15 is 0 Å². The Morgan fingerprint density at radius 1 is 0.800 bits per heavy atom. The van der Waals surface area contributed by atoms with E-state index in [1.807, 2.05) is 24.7 Å². The van der Waals surface area contributed by atoms with Gasteiger partial charge in [0.2, 0.25) is 0 Å². The summed E-state index contributed by atoms with van der Waals surface area (Å²) in [4.78, 5) is 0. The van der Waals surface area contributed by atoms with Crippen molar-refractivity contribution in [3.05, 3.63) is 63.8 Å². The van der Waals surface area contributed by atoms with Crippen molar-refractivity contribution >= 4 is 26.8 Å². The van der Waals surface area contributed by atoms with Crippen LogP contribution >= 0.6 is 15.8 Å². The Balaban J connectivity index is 0.00000129. The number of allylic oxidation sites excluding steroid dienone is 2. The van der Waals surface area contributed by atoms with Crippen LogP contribution in [0.2, 0.25) is 0 Å². The SMILES string of the molecule is C1=CCCC1.C[C@@H](C1CCCC1P(c1ccco1)c1ccco1)P(C(C)(C)C)C(C)(C)C.[CH3-].[CH3-].[Fe+2]. The zero-order valence-electron chi connectivity index (χ0n) is 23.7. The smallest absolute Gasteiger partial charge is 0.464 e. The monoisotopic (exact) mass is 560 g/mol. The third-order valence-electron chi connectivity index (χ3n) is 6.73. The molecule has 0 N–H and O–H groups in total. The van der Waals surface area contributed by atoms with E-state index in [-0.39, 0.29) is 39.8 Å². The maximum Gasteiger partial charge on any atom is 2.00 e. The molecule has 35 heavy (non-hydrogen) atoms. The van der Waals surface area contributed by atoms with Crippen molar-refractivity contribution in [1.82, 2.24) is 0 Å². The van der Waals surface area contributed by atoms with E-state index in [2.05, 4.69) is 72.8 Å². The average Bonchev–Trinajstić information content (AvgIpc) is 3.48. The molecule has 2 nitrogen and oxygen atoms in total. The molecule has 0 aliphatic heterocycles. The maximum absolute atomic E-state index is 5.93. The fraction of sp³-hybridized carbons (Fsp3) is 0.600. The molecule has 1 fully saturated rings. The first-order valence-electron chi connectivity index (χ1n) is 12.4. The van der Waals surface area contributed by atoms with Gasteiger partial charge in [-0.15, -0.1) is 0 Å². The minimum atomic E-state index is -0.569. The summed E-state index contributed by atoms with van der Waals surface area (Å²) in [5, 5.41) is 0.719. The summed E-state index contributed by atoms with van der Waals surface area (Å²) >= 11 is 0. The van der Waals surface area contributed by atoms with Crippen LogP contribution in [-0.4, -0.2) is 21.6 Å². The molecule has 2 heterocycles. The second kappa shape index (κ2) is 15.2. The normalized spacial score (nSPS) is 20.5. The minimum absolute atomic E-state index is 0. The Labute approximate surface area is 230 Å². The number of hydrogen-bond donors (Lipinski definition) is 0. The van der Waals surface area contributed by atoms with Gasteiger partial charge in [0.25, 0.3) is 0 Å². The van der Waals surface area contributed by atoms with Gasteiger partial charge in [0.15, 0.2) is 0 Å². The molecule has 0 aromatic carbocycles. The molecule has 0 saturated heterocycles. The molecule has 0 spiro atoms. The van der Waals surface area contributed by atoms with E-state index in [9.17, 15) is 0 Å². The Morgan fingerprint density at radius 3 is 1.63 bits per heavy atom. The van der Waals surface area contributed by atoms with E-state index in [0.717, 1.165) is 22.6 Å². The molecular formula is C30H50FeO2P2. The molecule has 3 atom stereocenters. The summed E-state index contributed by atoms with van der Waals surface area (Å²) in [7, 11) is -0.701. The van der Waals surface area contributed by atoms with Crippen molar-refractivity contribution in [2.24, 2.45) is 5.92 Å². The van der Waals surface area contributed by atoms with Crippen LogP contribution in [0, 0.1) is 20.8 Å². The van der Waals surface area contributed by atoms with Crippen LogP contribution in [0.1, 0.15) is 87.0 Å². The van der Waals surface area contributed by atoms with Crippen LogP contribution in [0.5, 0.6) is 0 Å². The fourth-order valence-corrected chi connectivity index (χ4v) is 14.4. The molecule has 2 aliphatic carbocycles. The standard InChI is InChI=1S/C23H36O2P2.C5H8.2CH3.Fe/c1-17(27(22(2,3)4)23(5,6)7)18-11-8-12-19(18)26(20-13-9-15-24-20)21-14-10-16-25-21;1-2-4-5-3-1;;;/h9-10,13-19H,8,11-12H2,1-7H3;1-2H,3-5H2;2*1H3;/q;;2*-1;+2/t17-,18?,19?;;;;/m0..../s1. The molecule has 4 rings (SSSR count). The first-order chi connectivity index (χ1) is 15.1. The average molecular weight is 561 g/mol. The van der Waals surface area contributed by atoms with E-state index < -0.39 is 7.92 Å². The van der Waals surface area contributed by atoms with Crippen molar-refractivity contribution in [2.75, 3.05) is 0 Å². The van der Waals surface area contributed by atoms with Gasteiger partial charge in [-0.2, -0.15) is 0 Å². The van der Waals surface area contributed by atoms with Crippen LogP contribution in [0.25, 0.3) is 0 Å². The van der Waals surface area contributed by atoms with Gasteiger partial charge >= 0.3 is 17.1 Å². The van der Waals surface area contributed by atoms with Crippen molar-refractivity contribution in [2.45, 2.75) is 109 Å². The third-order valence-corrected chi connectivity index (χ3v) is 13.6. The second-order valence-electron chi connectivity index (χ2n) is 11.3. The Morgan fingerprint density at radius 2 is 1.29 bits per heavy atom. The molecule has 200 valence electrons. The fourth-order valence-electron chi connectivity index (χ4n) is 6.11. The summed E-state index contributed by atoms with van der Waals surface area (Å²) in [5.74, 6) is 0.746. The van der Waals surface area contributed by atoms with Gasteiger partial charge in [-0.25, -0.2) is 0 Å². The quantitative estimate of drug-likeness (QED) is 0.158. The molecule has 0 radical (unpaired) electrons. The van der Waals surface area contributed by atoms with Crippen LogP contribution in [0.4, 0.5) is 0 Å². The molecule has 2 aromatic rings. The molecule has 2 aliphatic rings. The van der Waals surface area contributed by atoms with Gasteiger partial charge in [0.05, 0.1) is 12.5 Å². The van der Waals surface area contributed by atoms with Gasteiger partial charge in [0.1, 0.15) is 11.0 Å². The predicted molar refractivity (Wildman–Crippen MR) is 156 cm³/mol. The van der Waals surface area contributed by atoms with Gasteiger partial charge in [0, 0.05) is 7.92 Å². The molecule has 0 amide bonds. The molecule has 2 unspecified atom stereocenters.